The molecule has 0 radical (unpaired) electrons. The second-order valence-electron chi connectivity index (χ2n) is 13.7. The van der Waals surface area contributed by atoms with E-state index in [-0.39, 0.29) is 0 Å². The van der Waals surface area contributed by atoms with Crippen molar-refractivity contribution >= 4 is 0 Å². The molecule has 0 heterocycles. The molecule has 0 aliphatic rings. The summed E-state index contributed by atoms with van der Waals surface area (Å²) >= 11 is 0. The van der Waals surface area contributed by atoms with E-state index in [1.807, 2.05) is 0 Å². The Balaban J connectivity index is 3.87. The van der Waals surface area contributed by atoms with Gasteiger partial charge < -0.3 is 9.64 Å². The number of allylic oxidation sites excluding steroid dienone is 10. The predicted molar refractivity (Wildman–Crippen MR) is 210 cm³/mol. The van der Waals surface area contributed by atoms with Crippen LogP contribution in [0, 0.1) is 0 Å². The van der Waals surface area contributed by atoms with Crippen LogP contribution >= 0.6 is 0 Å². The first-order valence-corrected chi connectivity index (χ1v) is 20.2. The van der Waals surface area contributed by atoms with E-state index in [4.69, 9.17) is 4.74 Å². The van der Waals surface area contributed by atoms with Gasteiger partial charge in [0.2, 0.25) is 0 Å². The SMILES string of the molecule is CCC=CCC=CCC=CCCCCCCCCC(CCCCCCCCC=CCCCCCC=CCC)OCCCCN(C)C. The van der Waals surface area contributed by atoms with E-state index in [0.717, 1.165) is 25.9 Å². The summed E-state index contributed by atoms with van der Waals surface area (Å²) in [7, 11) is 4.33. The summed E-state index contributed by atoms with van der Waals surface area (Å²) in [4.78, 5) is 2.28. The van der Waals surface area contributed by atoms with Crippen molar-refractivity contribution in [2.24, 2.45) is 0 Å². The summed E-state index contributed by atoms with van der Waals surface area (Å²) in [5.41, 5.74) is 0. The van der Waals surface area contributed by atoms with Crippen LogP contribution in [0.4, 0.5) is 0 Å². The van der Waals surface area contributed by atoms with Gasteiger partial charge in [0.1, 0.15) is 0 Å². The van der Waals surface area contributed by atoms with Gasteiger partial charge in [0.05, 0.1) is 6.10 Å². The Kier molecular flexibility index (Phi) is 38.6. The first kappa shape index (κ1) is 44.6. The van der Waals surface area contributed by atoms with Crippen LogP contribution in [0.25, 0.3) is 0 Å². The van der Waals surface area contributed by atoms with Gasteiger partial charge in [-0.3, -0.25) is 0 Å². The molecule has 0 saturated heterocycles. The first-order chi connectivity index (χ1) is 22.7. The minimum atomic E-state index is 0.485. The average Bonchev–Trinajstić information content (AvgIpc) is 3.05. The van der Waals surface area contributed by atoms with Crippen LogP contribution in [0.15, 0.2) is 60.8 Å². The Hall–Kier alpha value is -1.38. The molecule has 268 valence electrons. The minimum absolute atomic E-state index is 0.485. The fraction of sp³-hybridized carbons (Fsp3) is 0.773. The van der Waals surface area contributed by atoms with Gasteiger partial charge in [-0.15, -0.1) is 0 Å². The van der Waals surface area contributed by atoms with Crippen LogP contribution in [-0.4, -0.2) is 38.3 Å². The monoisotopic (exact) mass is 640 g/mol. The highest BCUT2D eigenvalue weighted by Crippen LogP contribution is 2.18. The normalized spacial score (nSPS) is 13.3. The van der Waals surface area contributed by atoms with Gasteiger partial charge in [-0.1, -0.05) is 145 Å². The number of unbranched alkanes of at least 4 members (excludes halogenated alkanes) is 17. The fourth-order valence-corrected chi connectivity index (χ4v) is 5.82. The Bertz CT molecular complexity index is 715. The van der Waals surface area contributed by atoms with Crippen molar-refractivity contribution < 1.29 is 4.74 Å². The summed E-state index contributed by atoms with van der Waals surface area (Å²) in [6, 6.07) is 0. The standard InChI is InChI=1S/C44H81NO/c1-5-7-9-11-13-15-17-19-21-23-25-27-29-31-33-35-37-41-44(46-43-39-38-42-45(3)4)40-36-34-32-30-28-26-24-22-20-18-16-14-12-10-8-6-2/h7-10,14,16,20-23,44H,5-6,11-13,15,17-19,24-43H2,1-4H3. The van der Waals surface area contributed by atoms with Gasteiger partial charge in [-0.2, -0.15) is 0 Å². The maximum Gasteiger partial charge on any atom is 0.0575 e. The summed E-state index contributed by atoms with van der Waals surface area (Å²) < 4.78 is 6.43. The second kappa shape index (κ2) is 39.8. The third-order valence-electron chi connectivity index (χ3n) is 8.74. The Labute approximate surface area is 290 Å². The van der Waals surface area contributed by atoms with E-state index in [2.05, 4.69) is 93.6 Å². The minimum Gasteiger partial charge on any atom is -0.378 e. The Morgan fingerprint density at radius 1 is 0.413 bits per heavy atom. The quantitative estimate of drug-likeness (QED) is 0.0499. The molecule has 0 N–H and O–H groups in total. The number of ether oxygens (including phenoxy) is 1. The van der Waals surface area contributed by atoms with E-state index in [1.165, 1.54) is 161 Å². The van der Waals surface area contributed by atoms with Gasteiger partial charge in [0.25, 0.3) is 0 Å². The summed E-state index contributed by atoms with van der Waals surface area (Å²) in [6.07, 6.45) is 58.8. The molecule has 0 aliphatic heterocycles. The maximum atomic E-state index is 6.43. The van der Waals surface area contributed by atoms with Crippen LogP contribution in [0.5, 0.6) is 0 Å². The Morgan fingerprint density at radius 3 is 1.28 bits per heavy atom. The van der Waals surface area contributed by atoms with Crippen LogP contribution in [0.3, 0.4) is 0 Å². The van der Waals surface area contributed by atoms with E-state index >= 15 is 0 Å². The zero-order valence-corrected chi connectivity index (χ0v) is 31.7. The molecule has 46 heavy (non-hydrogen) atoms. The lowest BCUT2D eigenvalue weighted by atomic mass is 10.0. The van der Waals surface area contributed by atoms with Crippen molar-refractivity contribution in [2.75, 3.05) is 27.2 Å². The summed E-state index contributed by atoms with van der Waals surface area (Å²) in [5, 5.41) is 0. The average molecular weight is 640 g/mol. The van der Waals surface area contributed by atoms with Crippen LogP contribution in [0.1, 0.15) is 187 Å². The number of nitrogens with zero attached hydrogens (tertiary/aromatic N) is 1. The predicted octanol–water partition coefficient (Wildman–Crippen LogP) is 14.3. The molecule has 0 aromatic rings. The highest BCUT2D eigenvalue weighted by atomic mass is 16.5. The third-order valence-corrected chi connectivity index (χ3v) is 8.74. The highest BCUT2D eigenvalue weighted by Gasteiger charge is 2.09. The molecule has 0 saturated carbocycles. The lowest BCUT2D eigenvalue weighted by Crippen LogP contribution is -2.16. The van der Waals surface area contributed by atoms with Gasteiger partial charge in [-0.25, -0.2) is 0 Å². The zero-order chi connectivity index (χ0) is 33.4. The lowest BCUT2D eigenvalue weighted by Gasteiger charge is -2.18. The first-order valence-electron chi connectivity index (χ1n) is 20.2. The molecule has 1 unspecified atom stereocenters. The molecular weight excluding hydrogens is 558 g/mol. The number of hydrogen-bond donors (Lipinski definition) is 0. The van der Waals surface area contributed by atoms with Crippen molar-refractivity contribution in [3.8, 4) is 0 Å². The summed E-state index contributed by atoms with van der Waals surface area (Å²) in [6.45, 7) is 6.51. The largest absolute Gasteiger partial charge is 0.378 e. The highest BCUT2D eigenvalue weighted by molar-refractivity contribution is 4.97. The van der Waals surface area contributed by atoms with E-state index in [0.29, 0.717) is 6.10 Å². The van der Waals surface area contributed by atoms with E-state index < -0.39 is 0 Å². The lowest BCUT2D eigenvalue weighted by molar-refractivity contribution is 0.0353. The van der Waals surface area contributed by atoms with Crippen LogP contribution < -0.4 is 0 Å². The molecule has 1 atom stereocenters. The molecule has 0 rings (SSSR count). The van der Waals surface area contributed by atoms with Crippen molar-refractivity contribution in [1.29, 1.82) is 0 Å². The smallest absolute Gasteiger partial charge is 0.0575 e. The topological polar surface area (TPSA) is 12.5 Å². The molecule has 0 aromatic carbocycles. The van der Waals surface area contributed by atoms with E-state index in [9.17, 15) is 0 Å². The van der Waals surface area contributed by atoms with Gasteiger partial charge in [0.15, 0.2) is 0 Å². The molecule has 2 nitrogen and oxygen atoms in total. The number of rotatable bonds is 36. The molecule has 0 aromatic heterocycles. The molecule has 0 amide bonds. The molecule has 0 fully saturated rings. The van der Waals surface area contributed by atoms with Gasteiger partial charge >= 0.3 is 0 Å². The molecule has 0 spiro atoms. The van der Waals surface area contributed by atoms with Gasteiger partial charge in [-0.05, 0) is 123 Å². The van der Waals surface area contributed by atoms with E-state index in [1.54, 1.807) is 0 Å². The van der Waals surface area contributed by atoms with Gasteiger partial charge in [0, 0.05) is 6.61 Å². The van der Waals surface area contributed by atoms with Crippen molar-refractivity contribution in [3.63, 3.8) is 0 Å². The van der Waals surface area contributed by atoms with Crippen LogP contribution in [0.2, 0.25) is 0 Å². The number of hydrogen-bond acceptors (Lipinski definition) is 2. The fourth-order valence-electron chi connectivity index (χ4n) is 5.82. The molecule has 0 bridgehead atoms. The molecule has 0 aliphatic carbocycles. The second-order valence-corrected chi connectivity index (χ2v) is 13.7. The van der Waals surface area contributed by atoms with Crippen molar-refractivity contribution in [2.45, 2.75) is 193 Å². The Morgan fingerprint density at radius 2 is 0.783 bits per heavy atom. The maximum absolute atomic E-state index is 6.43. The van der Waals surface area contributed by atoms with Crippen molar-refractivity contribution in [1.82, 2.24) is 4.90 Å². The zero-order valence-electron chi connectivity index (χ0n) is 31.7. The third kappa shape index (κ3) is 38.8. The summed E-state index contributed by atoms with van der Waals surface area (Å²) in [5.74, 6) is 0. The molecular formula is C44H81NO. The van der Waals surface area contributed by atoms with Crippen molar-refractivity contribution in [3.05, 3.63) is 60.8 Å². The van der Waals surface area contributed by atoms with Crippen LogP contribution in [-0.2, 0) is 4.74 Å². The molecule has 2 heteroatoms.